The van der Waals surface area contributed by atoms with Crippen molar-refractivity contribution in [1.82, 2.24) is 10.9 Å². The van der Waals surface area contributed by atoms with E-state index in [4.69, 9.17) is 11.6 Å². The van der Waals surface area contributed by atoms with Crippen molar-refractivity contribution in [1.29, 1.82) is 0 Å². The van der Waals surface area contributed by atoms with Crippen LogP contribution in [-0.4, -0.2) is 24.3 Å². The summed E-state index contributed by atoms with van der Waals surface area (Å²) in [6, 6.07) is 11.8. The summed E-state index contributed by atoms with van der Waals surface area (Å²) in [4.78, 5) is 37.8. The minimum atomic E-state index is -0.642. The summed E-state index contributed by atoms with van der Waals surface area (Å²) in [6.45, 7) is 0.197. The van der Waals surface area contributed by atoms with Gasteiger partial charge in [-0.05, 0) is 42.5 Å². The zero-order chi connectivity index (χ0) is 18.7. The summed E-state index contributed by atoms with van der Waals surface area (Å²) < 4.78 is 13.1. The zero-order valence-electron chi connectivity index (χ0n) is 13.5. The molecule has 1 aliphatic heterocycles. The molecule has 3 rings (SSSR count). The van der Waals surface area contributed by atoms with E-state index in [1.807, 2.05) is 0 Å². The number of anilines is 1. The minimum Gasteiger partial charge on any atom is -0.312 e. The Morgan fingerprint density at radius 1 is 1.12 bits per heavy atom. The quantitative estimate of drug-likeness (QED) is 0.808. The Balaban J connectivity index is 1.58. The first-order valence-electron chi connectivity index (χ1n) is 7.86. The standard InChI is InChI=1S/C18H15ClFN3O3/c19-13-4-6-15(7-5-13)23-10-12(9-16(23)24)18(26)22-21-17(25)11-2-1-3-14(20)8-11/h1-8,12H,9-10H2,(H,21,25)(H,22,26)/t12-/m1/s1. The van der Waals surface area contributed by atoms with E-state index in [0.717, 1.165) is 6.07 Å². The maximum Gasteiger partial charge on any atom is 0.269 e. The van der Waals surface area contributed by atoms with Gasteiger partial charge in [0.05, 0.1) is 5.92 Å². The number of hydrogen-bond donors (Lipinski definition) is 2. The van der Waals surface area contributed by atoms with Crippen LogP contribution in [0.5, 0.6) is 0 Å². The predicted octanol–water partition coefficient (Wildman–Crippen LogP) is 2.29. The van der Waals surface area contributed by atoms with Crippen molar-refractivity contribution >= 4 is 35.0 Å². The maximum absolute atomic E-state index is 13.1. The summed E-state index contributed by atoms with van der Waals surface area (Å²) in [5.41, 5.74) is 5.24. The zero-order valence-corrected chi connectivity index (χ0v) is 14.3. The fourth-order valence-corrected chi connectivity index (χ4v) is 2.80. The van der Waals surface area contributed by atoms with Crippen LogP contribution in [0.15, 0.2) is 48.5 Å². The van der Waals surface area contributed by atoms with Crippen LogP contribution in [0.4, 0.5) is 10.1 Å². The molecule has 8 heteroatoms. The van der Waals surface area contributed by atoms with E-state index in [9.17, 15) is 18.8 Å². The van der Waals surface area contributed by atoms with E-state index in [-0.39, 0.29) is 24.4 Å². The van der Waals surface area contributed by atoms with Crippen molar-refractivity contribution in [2.75, 3.05) is 11.4 Å². The van der Waals surface area contributed by atoms with Crippen molar-refractivity contribution in [2.45, 2.75) is 6.42 Å². The van der Waals surface area contributed by atoms with E-state index in [1.54, 1.807) is 24.3 Å². The van der Waals surface area contributed by atoms with E-state index < -0.39 is 23.5 Å². The van der Waals surface area contributed by atoms with E-state index >= 15 is 0 Å². The summed E-state index contributed by atoms with van der Waals surface area (Å²) in [5.74, 6) is -2.48. The molecule has 0 spiro atoms. The van der Waals surface area contributed by atoms with Crippen LogP contribution in [0.3, 0.4) is 0 Å². The Morgan fingerprint density at radius 2 is 1.85 bits per heavy atom. The topological polar surface area (TPSA) is 78.5 Å². The van der Waals surface area contributed by atoms with E-state index in [2.05, 4.69) is 10.9 Å². The summed E-state index contributed by atoms with van der Waals surface area (Å²) in [7, 11) is 0. The third-order valence-electron chi connectivity index (χ3n) is 4.02. The Kier molecular flexibility index (Phi) is 5.18. The van der Waals surface area contributed by atoms with Gasteiger partial charge < -0.3 is 4.90 Å². The molecule has 1 aliphatic rings. The number of amides is 3. The SMILES string of the molecule is O=C(NNC(=O)[C@@H]1CC(=O)N(c2ccc(Cl)cc2)C1)c1cccc(F)c1. The molecule has 1 atom stereocenters. The van der Waals surface area contributed by atoms with Gasteiger partial charge in [0.15, 0.2) is 0 Å². The second kappa shape index (κ2) is 7.53. The van der Waals surface area contributed by atoms with Crippen LogP contribution >= 0.6 is 11.6 Å². The Morgan fingerprint density at radius 3 is 2.54 bits per heavy atom. The fraction of sp³-hybridized carbons (Fsp3) is 0.167. The van der Waals surface area contributed by atoms with Crippen LogP contribution in [-0.2, 0) is 9.59 Å². The highest BCUT2D eigenvalue weighted by molar-refractivity contribution is 6.30. The molecule has 26 heavy (non-hydrogen) atoms. The molecule has 6 nitrogen and oxygen atoms in total. The number of carbonyl (C=O) groups excluding carboxylic acids is 3. The van der Waals surface area contributed by atoms with Gasteiger partial charge >= 0.3 is 0 Å². The molecule has 2 N–H and O–H groups in total. The molecule has 0 radical (unpaired) electrons. The maximum atomic E-state index is 13.1. The number of carbonyl (C=O) groups is 3. The molecule has 1 heterocycles. The lowest BCUT2D eigenvalue weighted by molar-refractivity contribution is -0.126. The molecule has 2 aromatic carbocycles. The lowest BCUT2D eigenvalue weighted by Crippen LogP contribution is -2.45. The highest BCUT2D eigenvalue weighted by Crippen LogP contribution is 2.26. The molecule has 0 aromatic heterocycles. The Bertz CT molecular complexity index is 857. The van der Waals surface area contributed by atoms with Gasteiger partial charge in [-0.15, -0.1) is 0 Å². The Labute approximate surface area is 153 Å². The van der Waals surface area contributed by atoms with Gasteiger partial charge in [-0.1, -0.05) is 17.7 Å². The van der Waals surface area contributed by atoms with Gasteiger partial charge in [-0.25, -0.2) is 4.39 Å². The van der Waals surface area contributed by atoms with Crippen molar-refractivity contribution in [3.05, 3.63) is 64.9 Å². The molecular weight excluding hydrogens is 361 g/mol. The van der Waals surface area contributed by atoms with Gasteiger partial charge in [0.2, 0.25) is 11.8 Å². The lowest BCUT2D eigenvalue weighted by atomic mass is 10.1. The van der Waals surface area contributed by atoms with Crippen LogP contribution in [0.2, 0.25) is 5.02 Å². The van der Waals surface area contributed by atoms with Crippen molar-refractivity contribution in [2.24, 2.45) is 5.92 Å². The van der Waals surface area contributed by atoms with Crippen molar-refractivity contribution < 1.29 is 18.8 Å². The second-order valence-corrected chi connectivity index (χ2v) is 6.27. The monoisotopic (exact) mass is 375 g/mol. The lowest BCUT2D eigenvalue weighted by Gasteiger charge is -2.17. The smallest absolute Gasteiger partial charge is 0.269 e. The van der Waals surface area contributed by atoms with Gasteiger partial charge in [0.25, 0.3) is 5.91 Å². The average molecular weight is 376 g/mol. The molecule has 1 saturated heterocycles. The minimum absolute atomic E-state index is 0.0320. The van der Waals surface area contributed by atoms with E-state index in [1.165, 1.54) is 23.1 Å². The van der Waals surface area contributed by atoms with Crippen LogP contribution in [0.25, 0.3) is 0 Å². The molecule has 2 aromatic rings. The largest absolute Gasteiger partial charge is 0.312 e. The van der Waals surface area contributed by atoms with Crippen LogP contribution in [0.1, 0.15) is 16.8 Å². The third kappa shape index (κ3) is 4.00. The van der Waals surface area contributed by atoms with Gasteiger partial charge in [0, 0.05) is 29.2 Å². The first kappa shape index (κ1) is 17.9. The number of nitrogens with one attached hydrogen (secondary N) is 2. The first-order chi connectivity index (χ1) is 12.4. The second-order valence-electron chi connectivity index (χ2n) is 5.84. The van der Waals surface area contributed by atoms with Crippen molar-refractivity contribution in [3.63, 3.8) is 0 Å². The number of halogens is 2. The number of hydrogen-bond acceptors (Lipinski definition) is 3. The predicted molar refractivity (Wildman–Crippen MR) is 93.9 cm³/mol. The van der Waals surface area contributed by atoms with E-state index in [0.29, 0.717) is 10.7 Å². The molecule has 3 amide bonds. The average Bonchev–Trinajstić information content (AvgIpc) is 3.02. The van der Waals surface area contributed by atoms with Gasteiger partial charge in [0.1, 0.15) is 5.82 Å². The summed E-state index contributed by atoms with van der Waals surface area (Å²) in [5, 5.41) is 0.551. The third-order valence-corrected chi connectivity index (χ3v) is 4.27. The van der Waals surface area contributed by atoms with Crippen LogP contribution < -0.4 is 15.8 Å². The summed E-state index contributed by atoms with van der Waals surface area (Å²) in [6.07, 6.45) is 0.0320. The molecular formula is C18H15ClFN3O3. The number of hydrazine groups is 1. The molecule has 134 valence electrons. The fourth-order valence-electron chi connectivity index (χ4n) is 2.68. The van der Waals surface area contributed by atoms with Gasteiger partial charge in [-0.2, -0.15) is 0 Å². The molecule has 0 unspecified atom stereocenters. The molecule has 0 saturated carbocycles. The normalized spacial score (nSPS) is 16.5. The number of rotatable bonds is 3. The number of nitrogens with zero attached hydrogens (tertiary/aromatic N) is 1. The van der Waals surface area contributed by atoms with Crippen molar-refractivity contribution in [3.8, 4) is 0 Å². The highest BCUT2D eigenvalue weighted by atomic mass is 35.5. The molecule has 0 bridgehead atoms. The summed E-state index contributed by atoms with van der Waals surface area (Å²) >= 11 is 5.83. The molecule has 1 fully saturated rings. The first-order valence-corrected chi connectivity index (χ1v) is 8.23. The number of benzene rings is 2. The Hall–Kier alpha value is -2.93. The van der Waals surface area contributed by atoms with Crippen LogP contribution in [0, 0.1) is 11.7 Å². The van der Waals surface area contributed by atoms with Gasteiger partial charge in [-0.3, -0.25) is 25.2 Å². The highest BCUT2D eigenvalue weighted by Gasteiger charge is 2.35. The molecule has 0 aliphatic carbocycles.